The number of ether oxygens (including phenoxy) is 1. The van der Waals surface area contributed by atoms with Gasteiger partial charge in [-0.05, 0) is 18.2 Å². The number of hydrogen-bond acceptors (Lipinski definition) is 4. The highest BCUT2D eigenvalue weighted by Crippen LogP contribution is 2.36. The Labute approximate surface area is 144 Å². The molecule has 2 N–H and O–H groups in total. The third-order valence-corrected chi connectivity index (χ3v) is 3.09. The fraction of sp³-hybridized carbons (Fsp3) is 0.133. The first kappa shape index (κ1) is 18.5. The lowest BCUT2D eigenvalue weighted by molar-refractivity contribution is -0.140. The second-order valence-electron chi connectivity index (χ2n) is 4.73. The third kappa shape index (κ3) is 5.08. The molecule has 1 aromatic carbocycles. The van der Waals surface area contributed by atoms with Gasteiger partial charge in [0.15, 0.2) is 5.75 Å². The van der Waals surface area contributed by atoms with Crippen molar-refractivity contribution in [3.63, 3.8) is 0 Å². The van der Waals surface area contributed by atoms with Gasteiger partial charge in [0, 0.05) is 6.20 Å². The van der Waals surface area contributed by atoms with Crippen molar-refractivity contribution in [2.24, 2.45) is 0 Å². The summed E-state index contributed by atoms with van der Waals surface area (Å²) < 4.78 is 43.2. The van der Waals surface area contributed by atoms with Crippen LogP contribution in [0.3, 0.4) is 0 Å². The number of benzene rings is 1. The smallest absolute Gasteiger partial charge is 0.417 e. The van der Waals surface area contributed by atoms with Gasteiger partial charge in [-0.3, -0.25) is 9.59 Å². The topological polar surface area (TPSA) is 88.5 Å². The second kappa shape index (κ2) is 7.39. The zero-order valence-corrected chi connectivity index (χ0v) is 13.1. The van der Waals surface area contributed by atoms with Crippen LogP contribution in [0.5, 0.6) is 11.6 Å². The Morgan fingerprint density at radius 3 is 2.56 bits per heavy atom. The number of aliphatic carboxylic acids is 1. The Bertz CT molecular complexity index is 812. The molecule has 25 heavy (non-hydrogen) atoms. The fourth-order valence-corrected chi connectivity index (χ4v) is 1.96. The van der Waals surface area contributed by atoms with Gasteiger partial charge in [-0.25, -0.2) is 4.98 Å². The molecule has 0 bridgehead atoms. The van der Waals surface area contributed by atoms with Crippen LogP contribution in [-0.4, -0.2) is 22.0 Å². The van der Waals surface area contributed by atoms with Gasteiger partial charge in [-0.15, -0.1) is 0 Å². The summed E-state index contributed by atoms with van der Waals surface area (Å²) in [6.07, 6.45) is -4.79. The Kier molecular flexibility index (Phi) is 5.48. The molecule has 0 fully saturated rings. The predicted molar refractivity (Wildman–Crippen MR) is 81.6 cm³/mol. The van der Waals surface area contributed by atoms with E-state index in [0.717, 1.165) is 0 Å². The molecule has 0 unspecified atom stereocenters. The summed E-state index contributed by atoms with van der Waals surface area (Å²) >= 11 is 5.76. The van der Waals surface area contributed by atoms with Crippen LogP contribution in [0, 0.1) is 0 Å². The molecule has 0 aliphatic rings. The first-order chi connectivity index (χ1) is 11.7. The normalized spacial score (nSPS) is 11.0. The van der Waals surface area contributed by atoms with Crippen molar-refractivity contribution in [1.82, 2.24) is 4.98 Å². The minimum Gasteiger partial charge on any atom is -0.481 e. The van der Waals surface area contributed by atoms with E-state index in [9.17, 15) is 22.8 Å². The molecule has 1 heterocycles. The van der Waals surface area contributed by atoms with Gasteiger partial charge in [-0.1, -0.05) is 23.7 Å². The molecule has 0 radical (unpaired) electrons. The summed E-state index contributed by atoms with van der Waals surface area (Å²) in [5.74, 6) is -2.37. The number of aromatic nitrogens is 1. The molecular weight excluding hydrogens is 365 g/mol. The Morgan fingerprint density at radius 2 is 1.96 bits per heavy atom. The molecule has 0 aliphatic carbocycles. The molecule has 1 amide bonds. The van der Waals surface area contributed by atoms with Crippen LogP contribution in [0.2, 0.25) is 5.02 Å². The maximum atomic E-state index is 12.6. The average Bonchev–Trinajstić information content (AvgIpc) is 2.49. The number of carboxylic acids is 1. The first-order valence-corrected chi connectivity index (χ1v) is 7.06. The highest BCUT2D eigenvalue weighted by Gasteiger charge is 2.31. The molecule has 0 saturated carbocycles. The number of hydrogen-bond donors (Lipinski definition) is 2. The van der Waals surface area contributed by atoms with Crippen molar-refractivity contribution in [3.8, 4) is 11.6 Å². The number of carboxylic acid groups (broad SMARTS) is 1. The SMILES string of the molecule is O=C(O)CC(=O)Nc1ccccc1Oc1ncc(C(F)(F)F)cc1Cl. The predicted octanol–water partition coefficient (Wildman–Crippen LogP) is 3.96. The molecule has 2 aromatic rings. The van der Waals surface area contributed by atoms with E-state index in [-0.39, 0.29) is 22.3 Å². The number of rotatable bonds is 5. The number of carbonyl (C=O) groups excluding carboxylic acids is 1. The quantitative estimate of drug-likeness (QED) is 0.773. The lowest BCUT2D eigenvalue weighted by atomic mass is 10.2. The number of nitrogens with zero attached hydrogens (tertiary/aromatic N) is 1. The van der Waals surface area contributed by atoms with Crippen molar-refractivity contribution < 1.29 is 32.6 Å². The molecule has 0 atom stereocenters. The molecule has 0 spiro atoms. The number of pyridine rings is 1. The van der Waals surface area contributed by atoms with E-state index in [1.54, 1.807) is 12.1 Å². The summed E-state index contributed by atoms with van der Waals surface area (Å²) in [6.45, 7) is 0. The monoisotopic (exact) mass is 374 g/mol. The standard InChI is InChI=1S/C15H10ClF3N2O4/c16-9-5-8(15(17,18)19)7-20-14(9)25-11-4-2-1-3-10(11)21-12(22)6-13(23)24/h1-5,7H,6H2,(H,21,22)(H,23,24). The van der Waals surface area contributed by atoms with Gasteiger partial charge in [0.2, 0.25) is 11.8 Å². The van der Waals surface area contributed by atoms with Crippen molar-refractivity contribution in [3.05, 3.63) is 47.1 Å². The van der Waals surface area contributed by atoms with Crippen LogP contribution in [0.15, 0.2) is 36.5 Å². The average molecular weight is 375 g/mol. The minimum atomic E-state index is -4.60. The van der Waals surface area contributed by atoms with Gasteiger partial charge in [0.25, 0.3) is 0 Å². The lowest BCUT2D eigenvalue weighted by Gasteiger charge is -2.13. The fourth-order valence-electron chi connectivity index (χ4n) is 1.75. The molecule has 0 saturated heterocycles. The van der Waals surface area contributed by atoms with E-state index in [0.29, 0.717) is 12.3 Å². The molecule has 0 aliphatic heterocycles. The number of amides is 1. The third-order valence-electron chi connectivity index (χ3n) is 2.81. The van der Waals surface area contributed by atoms with Crippen LogP contribution in [0.4, 0.5) is 18.9 Å². The number of alkyl halides is 3. The summed E-state index contributed by atoms with van der Waals surface area (Å²) in [5, 5.41) is 10.5. The van der Waals surface area contributed by atoms with Crippen LogP contribution in [0.1, 0.15) is 12.0 Å². The number of para-hydroxylation sites is 2. The number of halogens is 4. The summed E-state index contributed by atoms with van der Waals surface area (Å²) in [4.78, 5) is 25.6. The first-order valence-electron chi connectivity index (χ1n) is 6.68. The van der Waals surface area contributed by atoms with Crippen molar-refractivity contribution in [1.29, 1.82) is 0 Å². The largest absolute Gasteiger partial charge is 0.481 e. The number of nitrogens with one attached hydrogen (secondary N) is 1. The van der Waals surface area contributed by atoms with Gasteiger partial charge in [-0.2, -0.15) is 13.2 Å². The molecule has 2 rings (SSSR count). The summed E-state index contributed by atoms with van der Waals surface area (Å²) in [6, 6.07) is 6.58. The van der Waals surface area contributed by atoms with Crippen LogP contribution in [0.25, 0.3) is 0 Å². The van der Waals surface area contributed by atoms with Crippen LogP contribution >= 0.6 is 11.6 Å². The zero-order valence-electron chi connectivity index (χ0n) is 12.3. The highest BCUT2D eigenvalue weighted by atomic mass is 35.5. The lowest BCUT2D eigenvalue weighted by Crippen LogP contribution is -2.16. The Hall–Kier alpha value is -2.81. The Balaban J connectivity index is 2.23. The molecule has 132 valence electrons. The van der Waals surface area contributed by atoms with E-state index in [1.165, 1.54) is 12.1 Å². The van der Waals surface area contributed by atoms with Crippen LogP contribution in [-0.2, 0) is 15.8 Å². The molecule has 6 nitrogen and oxygen atoms in total. The van der Waals surface area contributed by atoms with E-state index >= 15 is 0 Å². The number of anilines is 1. The number of carbonyl (C=O) groups is 2. The maximum Gasteiger partial charge on any atom is 0.417 e. The van der Waals surface area contributed by atoms with E-state index in [1.807, 2.05) is 0 Å². The van der Waals surface area contributed by atoms with E-state index < -0.39 is 30.0 Å². The van der Waals surface area contributed by atoms with Gasteiger partial charge < -0.3 is 15.2 Å². The maximum absolute atomic E-state index is 12.6. The van der Waals surface area contributed by atoms with E-state index in [4.69, 9.17) is 21.4 Å². The van der Waals surface area contributed by atoms with Crippen molar-refractivity contribution in [2.75, 3.05) is 5.32 Å². The second-order valence-corrected chi connectivity index (χ2v) is 5.13. The van der Waals surface area contributed by atoms with Crippen LogP contribution < -0.4 is 10.1 Å². The Morgan fingerprint density at radius 1 is 1.28 bits per heavy atom. The van der Waals surface area contributed by atoms with E-state index in [2.05, 4.69) is 10.3 Å². The minimum absolute atomic E-state index is 0.0374. The zero-order chi connectivity index (χ0) is 18.6. The van der Waals surface area contributed by atoms with Gasteiger partial charge in [0.1, 0.15) is 11.4 Å². The molecular formula is C15H10ClF3N2O4. The molecule has 10 heteroatoms. The highest BCUT2D eigenvalue weighted by molar-refractivity contribution is 6.31. The van der Waals surface area contributed by atoms with Gasteiger partial charge in [0.05, 0.1) is 11.3 Å². The van der Waals surface area contributed by atoms with Crippen molar-refractivity contribution in [2.45, 2.75) is 12.6 Å². The summed E-state index contributed by atoms with van der Waals surface area (Å²) in [5.41, 5.74) is -0.917. The van der Waals surface area contributed by atoms with Crippen molar-refractivity contribution >= 4 is 29.2 Å². The summed E-state index contributed by atoms with van der Waals surface area (Å²) in [7, 11) is 0. The van der Waals surface area contributed by atoms with Gasteiger partial charge >= 0.3 is 12.1 Å². The molecule has 1 aromatic heterocycles.